The number of ether oxygens (including phenoxy) is 2. The lowest BCUT2D eigenvalue weighted by molar-refractivity contribution is -0.155. The Kier molecular flexibility index (Phi) is 7.89. The average molecular weight is 578 g/mol. The summed E-state index contributed by atoms with van der Waals surface area (Å²) in [4.78, 5) is 44.9. The quantitative estimate of drug-likeness (QED) is 0.275. The molecule has 1 aromatic carbocycles. The second-order valence-corrected chi connectivity index (χ2v) is 11.8. The van der Waals surface area contributed by atoms with Crippen LogP contribution in [0.2, 0.25) is 0 Å². The molecule has 3 unspecified atom stereocenters. The van der Waals surface area contributed by atoms with Gasteiger partial charge in [-0.25, -0.2) is 0 Å². The van der Waals surface area contributed by atoms with Gasteiger partial charge >= 0.3 is 5.97 Å². The number of carbonyl (C=O) groups excluding carboxylic acids is 3. The van der Waals surface area contributed by atoms with E-state index in [0.717, 1.165) is 16.8 Å². The zero-order valence-corrected chi connectivity index (χ0v) is 23.7. The molecule has 202 valence electrons. The molecule has 3 heterocycles. The number of para-hydroxylation sites is 1. The Morgan fingerprint density at radius 3 is 2.54 bits per heavy atom. The van der Waals surface area contributed by atoms with Gasteiger partial charge in [-0.2, -0.15) is 0 Å². The molecule has 1 N–H and O–H groups in total. The molecule has 3 aliphatic rings. The van der Waals surface area contributed by atoms with Crippen molar-refractivity contribution < 1.29 is 29.0 Å². The summed E-state index contributed by atoms with van der Waals surface area (Å²) in [7, 11) is 0. The van der Waals surface area contributed by atoms with Crippen LogP contribution in [0.15, 0.2) is 30.9 Å². The topological polar surface area (TPSA) is 96.4 Å². The number of hydrogen-bond donors (Lipinski definition) is 1. The van der Waals surface area contributed by atoms with Gasteiger partial charge in [-0.05, 0) is 44.2 Å². The zero-order valence-electron chi connectivity index (χ0n) is 22.1. The first-order chi connectivity index (χ1) is 17.5. The smallest absolute Gasteiger partial charge is 0.312 e. The minimum atomic E-state index is -1.22. The SMILES string of the molecule is C=CCN(C(=O)C1N([C@@H](CO)C(C)C)C(=O)[C@@H]2[C@@H](C(=O)OCC)[C@@H]3OC12CC3Br)c1c(C)cccc1C. The maximum Gasteiger partial charge on any atom is 0.312 e. The van der Waals surface area contributed by atoms with Crippen LogP contribution in [0.4, 0.5) is 5.69 Å². The van der Waals surface area contributed by atoms with Gasteiger partial charge < -0.3 is 24.4 Å². The number of fused-ring (bicyclic) bond motifs is 1. The summed E-state index contributed by atoms with van der Waals surface area (Å²) < 4.78 is 11.9. The van der Waals surface area contributed by atoms with E-state index in [0.29, 0.717) is 6.42 Å². The van der Waals surface area contributed by atoms with Crippen molar-refractivity contribution >= 4 is 39.4 Å². The number of aryl methyl sites for hydroxylation is 2. The van der Waals surface area contributed by atoms with Crippen molar-refractivity contribution in [3.8, 4) is 0 Å². The predicted octanol–water partition coefficient (Wildman–Crippen LogP) is 3.15. The largest absolute Gasteiger partial charge is 0.466 e. The first-order valence-corrected chi connectivity index (χ1v) is 13.9. The van der Waals surface area contributed by atoms with Crippen LogP contribution in [0.3, 0.4) is 0 Å². The van der Waals surface area contributed by atoms with Gasteiger partial charge in [0.25, 0.3) is 5.91 Å². The summed E-state index contributed by atoms with van der Waals surface area (Å²) in [6.45, 7) is 13.4. The summed E-state index contributed by atoms with van der Waals surface area (Å²) in [5.74, 6) is -2.97. The van der Waals surface area contributed by atoms with Gasteiger partial charge in [0.15, 0.2) is 0 Å². The van der Waals surface area contributed by atoms with Gasteiger partial charge in [-0.15, -0.1) is 6.58 Å². The molecule has 4 rings (SSSR count). The molecule has 2 bridgehead atoms. The van der Waals surface area contributed by atoms with E-state index in [9.17, 15) is 19.5 Å². The number of anilines is 1. The fourth-order valence-electron chi connectivity index (χ4n) is 6.63. The van der Waals surface area contributed by atoms with E-state index in [1.165, 1.54) is 4.90 Å². The number of rotatable bonds is 9. The first-order valence-electron chi connectivity index (χ1n) is 13.0. The number of halogens is 1. The van der Waals surface area contributed by atoms with E-state index >= 15 is 0 Å². The van der Waals surface area contributed by atoms with E-state index in [4.69, 9.17) is 9.47 Å². The third-order valence-corrected chi connectivity index (χ3v) is 8.97. The summed E-state index contributed by atoms with van der Waals surface area (Å²) in [5, 5.41) is 10.4. The van der Waals surface area contributed by atoms with E-state index < -0.39 is 41.6 Å². The molecule has 0 radical (unpaired) electrons. The van der Waals surface area contributed by atoms with Crippen LogP contribution in [-0.2, 0) is 23.9 Å². The molecule has 3 aliphatic heterocycles. The summed E-state index contributed by atoms with van der Waals surface area (Å²) in [6.07, 6.45) is 1.47. The number of likely N-dealkylation sites (tertiary alicyclic amines) is 1. The van der Waals surface area contributed by atoms with Crippen LogP contribution < -0.4 is 4.90 Å². The number of benzene rings is 1. The average Bonchev–Trinajstić information content (AvgIpc) is 3.42. The minimum Gasteiger partial charge on any atom is -0.466 e. The molecule has 37 heavy (non-hydrogen) atoms. The predicted molar refractivity (Wildman–Crippen MR) is 143 cm³/mol. The molecule has 1 aromatic rings. The molecule has 2 amide bonds. The number of alkyl halides is 1. The lowest BCUT2D eigenvalue weighted by Gasteiger charge is -2.41. The summed E-state index contributed by atoms with van der Waals surface area (Å²) >= 11 is 3.67. The molecular weight excluding hydrogens is 540 g/mol. The number of carbonyl (C=O) groups is 3. The molecule has 3 fully saturated rings. The number of hydrogen-bond acceptors (Lipinski definition) is 6. The van der Waals surface area contributed by atoms with E-state index in [2.05, 4.69) is 22.5 Å². The molecule has 0 saturated carbocycles. The molecule has 8 nitrogen and oxygen atoms in total. The molecule has 1 spiro atoms. The van der Waals surface area contributed by atoms with E-state index in [-0.39, 0.29) is 42.3 Å². The molecule has 9 heteroatoms. The molecule has 0 aliphatic carbocycles. The lowest BCUT2D eigenvalue weighted by Crippen LogP contribution is -2.60. The second kappa shape index (κ2) is 10.5. The van der Waals surface area contributed by atoms with Crippen LogP contribution >= 0.6 is 15.9 Å². The third-order valence-electron chi connectivity index (χ3n) is 8.12. The molecule has 0 aromatic heterocycles. The Morgan fingerprint density at radius 2 is 2.00 bits per heavy atom. The maximum absolute atomic E-state index is 14.7. The number of nitrogens with zero attached hydrogens (tertiary/aromatic N) is 2. The fourth-order valence-corrected chi connectivity index (χ4v) is 7.57. The van der Waals surface area contributed by atoms with Crippen LogP contribution in [0.5, 0.6) is 0 Å². The van der Waals surface area contributed by atoms with Crippen LogP contribution in [-0.4, -0.2) is 76.2 Å². The molecular formula is C28H37BrN2O6. The summed E-state index contributed by atoms with van der Waals surface area (Å²) in [5.41, 5.74) is 1.38. The van der Waals surface area contributed by atoms with Crippen molar-refractivity contribution in [1.29, 1.82) is 0 Å². The van der Waals surface area contributed by atoms with Gasteiger partial charge in [-0.3, -0.25) is 14.4 Å². The monoisotopic (exact) mass is 576 g/mol. The second-order valence-electron chi connectivity index (χ2n) is 10.6. The van der Waals surface area contributed by atoms with Crippen molar-refractivity contribution in [2.75, 3.05) is 24.7 Å². The van der Waals surface area contributed by atoms with E-state index in [1.807, 2.05) is 45.9 Å². The maximum atomic E-state index is 14.7. The summed E-state index contributed by atoms with van der Waals surface area (Å²) in [6, 6.07) is 4.18. The van der Waals surface area contributed by atoms with Crippen molar-refractivity contribution in [3.63, 3.8) is 0 Å². The van der Waals surface area contributed by atoms with Crippen LogP contribution in [0.25, 0.3) is 0 Å². The normalized spacial score (nSPS) is 31.0. The Labute approximate surface area is 227 Å². The van der Waals surface area contributed by atoms with Gasteiger partial charge in [0.05, 0.1) is 37.2 Å². The Bertz CT molecular complexity index is 1070. The van der Waals surface area contributed by atoms with Crippen LogP contribution in [0, 0.1) is 31.6 Å². The fraction of sp³-hybridized carbons (Fsp3) is 0.607. The first kappa shape index (κ1) is 27.8. The van der Waals surface area contributed by atoms with Gasteiger partial charge in [0.1, 0.15) is 11.6 Å². The van der Waals surface area contributed by atoms with Crippen molar-refractivity contribution in [3.05, 3.63) is 42.0 Å². The Hall–Kier alpha value is -2.23. The highest BCUT2D eigenvalue weighted by Crippen LogP contribution is 2.61. The Morgan fingerprint density at radius 1 is 1.35 bits per heavy atom. The number of amides is 2. The van der Waals surface area contributed by atoms with E-state index in [1.54, 1.807) is 17.9 Å². The molecule has 3 saturated heterocycles. The van der Waals surface area contributed by atoms with Gasteiger partial charge in [-0.1, -0.05) is 54.1 Å². The van der Waals surface area contributed by atoms with Crippen molar-refractivity contribution in [2.45, 2.75) is 69.7 Å². The highest BCUT2D eigenvalue weighted by atomic mass is 79.9. The third kappa shape index (κ3) is 4.23. The highest BCUT2D eigenvalue weighted by molar-refractivity contribution is 9.09. The number of aliphatic hydroxyl groups excluding tert-OH is 1. The number of aliphatic hydroxyl groups is 1. The number of esters is 1. The van der Waals surface area contributed by atoms with Gasteiger partial charge in [0, 0.05) is 17.1 Å². The lowest BCUT2D eigenvalue weighted by atomic mass is 9.70. The van der Waals surface area contributed by atoms with Crippen LogP contribution in [0.1, 0.15) is 38.3 Å². The van der Waals surface area contributed by atoms with Gasteiger partial charge in [0.2, 0.25) is 5.91 Å². The zero-order chi connectivity index (χ0) is 27.2. The highest BCUT2D eigenvalue weighted by Gasteiger charge is 2.77. The minimum absolute atomic E-state index is 0.134. The van der Waals surface area contributed by atoms with Crippen molar-refractivity contribution in [1.82, 2.24) is 4.90 Å². The standard InChI is InChI=1S/C28H37BrN2O6/c1-7-12-30(22-16(5)10-9-11-17(22)6)26(34)24-28-13-18(29)23(37-28)20(27(35)36-8-2)21(28)25(33)31(24)19(14-32)15(3)4/h7,9-11,15,18-21,23-24,32H,1,8,12-14H2,2-6H3/t18?,19-,20+,21-,23+,24?,28?/m0/s1. The molecule has 7 atom stereocenters. The Balaban J connectivity index is 1.89. The van der Waals surface area contributed by atoms with Crippen molar-refractivity contribution in [2.24, 2.45) is 17.8 Å².